The van der Waals surface area contributed by atoms with Gasteiger partial charge in [-0.1, -0.05) is 12.5 Å². The highest BCUT2D eigenvalue weighted by molar-refractivity contribution is 5.85. The van der Waals surface area contributed by atoms with Gasteiger partial charge >= 0.3 is 0 Å². The number of halogens is 1. The van der Waals surface area contributed by atoms with Crippen molar-refractivity contribution in [2.75, 3.05) is 6.61 Å². The van der Waals surface area contributed by atoms with Crippen LogP contribution in [0.2, 0.25) is 0 Å². The average Bonchev–Trinajstić information content (AvgIpc) is 2.19. The summed E-state index contributed by atoms with van der Waals surface area (Å²) in [6.45, 7) is 2.45. The van der Waals surface area contributed by atoms with Gasteiger partial charge in [-0.3, -0.25) is 0 Å². The quantitative estimate of drug-likeness (QED) is 0.872. The van der Waals surface area contributed by atoms with E-state index in [1.807, 2.05) is 19.1 Å². The summed E-state index contributed by atoms with van der Waals surface area (Å²) >= 11 is 0. The molecule has 1 aromatic rings. The molecule has 1 saturated carbocycles. The first-order chi connectivity index (χ1) is 7.72. The van der Waals surface area contributed by atoms with E-state index in [1.54, 1.807) is 6.07 Å². The molecule has 0 heterocycles. The summed E-state index contributed by atoms with van der Waals surface area (Å²) in [5.74, 6) is 1.32. The normalized spacial score (nSPS) is 16.8. The fourth-order valence-electron chi connectivity index (χ4n) is 2.08. The topological polar surface area (TPSA) is 55.5 Å². The van der Waals surface area contributed by atoms with Gasteiger partial charge in [0.1, 0.15) is 0 Å². The van der Waals surface area contributed by atoms with Crippen LogP contribution in [-0.2, 0) is 0 Å². The van der Waals surface area contributed by atoms with Crippen LogP contribution in [0.4, 0.5) is 0 Å². The summed E-state index contributed by atoms with van der Waals surface area (Å²) in [6.07, 6.45) is 3.72. The highest BCUT2D eigenvalue weighted by Gasteiger charge is 2.25. The third-order valence-corrected chi connectivity index (χ3v) is 3.33. The predicted molar refractivity (Wildman–Crippen MR) is 70.8 cm³/mol. The summed E-state index contributed by atoms with van der Waals surface area (Å²) in [5, 5.41) is 9.59. The Morgan fingerprint density at radius 1 is 1.47 bits per heavy atom. The molecule has 0 aromatic heterocycles. The molecule has 2 rings (SSSR count). The summed E-state index contributed by atoms with van der Waals surface area (Å²) in [7, 11) is 0. The summed E-state index contributed by atoms with van der Waals surface area (Å²) < 4.78 is 5.35. The SMILES string of the molecule is CCOc1cc([C@H](N)C2CCC2)ccc1O.Cl. The number of phenols is 1. The molecule has 3 N–H and O–H groups in total. The van der Waals surface area contributed by atoms with Crippen LogP contribution in [0.25, 0.3) is 0 Å². The second kappa shape index (κ2) is 6.12. The number of hydrogen-bond donors (Lipinski definition) is 2. The molecular formula is C13H20ClNO2. The zero-order valence-corrected chi connectivity index (χ0v) is 10.9. The van der Waals surface area contributed by atoms with Crippen LogP contribution in [0.5, 0.6) is 11.5 Å². The number of rotatable bonds is 4. The van der Waals surface area contributed by atoms with Crippen LogP contribution in [-0.4, -0.2) is 11.7 Å². The van der Waals surface area contributed by atoms with Crippen molar-refractivity contribution in [3.63, 3.8) is 0 Å². The lowest BCUT2D eigenvalue weighted by molar-refractivity contribution is 0.263. The van der Waals surface area contributed by atoms with Gasteiger partial charge in [-0.05, 0) is 43.4 Å². The number of nitrogens with two attached hydrogens (primary N) is 1. The van der Waals surface area contributed by atoms with Gasteiger partial charge in [0.2, 0.25) is 0 Å². The van der Waals surface area contributed by atoms with Crippen LogP contribution < -0.4 is 10.5 Å². The lowest BCUT2D eigenvalue weighted by Gasteiger charge is -2.31. The predicted octanol–water partition coefficient (Wildman–Crippen LogP) is 3.01. The Bertz CT molecular complexity index is 366. The molecule has 1 atom stereocenters. The third kappa shape index (κ3) is 3.05. The van der Waals surface area contributed by atoms with Crippen LogP contribution in [0, 0.1) is 5.92 Å². The first kappa shape index (κ1) is 14.1. The maximum atomic E-state index is 9.59. The Morgan fingerprint density at radius 2 is 2.18 bits per heavy atom. The maximum absolute atomic E-state index is 9.59. The average molecular weight is 258 g/mol. The van der Waals surface area contributed by atoms with Crippen LogP contribution in [0.1, 0.15) is 37.8 Å². The van der Waals surface area contributed by atoms with Crippen molar-refractivity contribution < 1.29 is 9.84 Å². The minimum atomic E-state index is 0. The molecule has 1 fully saturated rings. The zero-order valence-electron chi connectivity index (χ0n) is 10.1. The van der Waals surface area contributed by atoms with E-state index in [-0.39, 0.29) is 24.2 Å². The molecule has 1 aromatic carbocycles. The van der Waals surface area contributed by atoms with Crippen LogP contribution in [0.3, 0.4) is 0 Å². The molecule has 0 bridgehead atoms. The van der Waals surface area contributed by atoms with E-state index >= 15 is 0 Å². The van der Waals surface area contributed by atoms with Crippen molar-refractivity contribution in [2.24, 2.45) is 11.7 Å². The van der Waals surface area contributed by atoms with E-state index in [4.69, 9.17) is 10.5 Å². The first-order valence-corrected chi connectivity index (χ1v) is 5.93. The van der Waals surface area contributed by atoms with Crippen molar-refractivity contribution in [3.8, 4) is 11.5 Å². The molecule has 0 amide bonds. The fourth-order valence-corrected chi connectivity index (χ4v) is 2.08. The van der Waals surface area contributed by atoms with Gasteiger partial charge in [-0.25, -0.2) is 0 Å². The lowest BCUT2D eigenvalue weighted by Crippen LogP contribution is -2.26. The second-order valence-electron chi connectivity index (χ2n) is 4.38. The first-order valence-electron chi connectivity index (χ1n) is 5.93. The van der Waals surface area contributed by atoms with E-state index in [0.717, 1.165) is 5.56 Å². The molecular weight excluding hydrogens is 238 g/mol. The van der Waals surface area contributed by atoms with Gasteiger partial charge < -0.3 is 15.6 Å². The Morgan fingerprint density at radius 3 is 2.71 bits per heavy atom. The highest BCUT2D eigenvalue weighted by Crippen LogP contribution is 2.38. The number of ether oxygens (including phenoxy) is 1. The van der Waals surface area contributed by atoms with Crippen molar-refractivity contribution in [1.29, 1.82) is 0 Å². The molecule has 0 radical (unpaired) electrons. The summed E-state index contributed by atoms with van der Waals surface area (Å²) in [6, 6.07) is 5.50. The van der Waals surface area contributed by atoms with Gasteiger partial charge in [0.05, 0.1) is 6.61 Å². The molecule has 0 saturated heterocycles. The monoisotopic (exact) mass is 257 g/mol. The van der Waals surface area contributed by atoms with E-state index in [9.17, 15) is 5.11 Å². The van der Waals surface area contributed by atoms with Crippen molar-refractivity contribution >= 4 is 12.4 Å². The van der Waals surface area contributed by atoms with Crippen LogP contribution in [0.15, 0.2) is 18.2 Å². The molecule has 96 valence electrons. The molecule has 0 spiro atoms. The molecule has 0 unspecified atom stereocenters. The molecule has 3 nitrogen and oxygen atoms in total. The van der Waals surface area contributed by atoms with Gasteiger partial charge in [0.15, 0.2) is 11.5 Å². The highest BCUT2D eigenvalue weighted by atomic mass is 35.5. The maximum Gasteiger partial charge on any atom is 0.161 e. The van der Waals surface area contributed by atoms with Gasteiger partial charge in [0, 0.05) is 6.04 Å². The van der Waals surface area contributed by atoms with Gasteiger partial charge in [0.25, 0.3) is 0 Å². The summed E-state index contributed by atoms with van der Waals surface area (Å²) in [4.78, 5) is 0. The minimum absolute atomic E-state index is 0. The molecule has 1 aliphatic rings. The number of hydrogen-bond acceptors (Lipinski definition) is 3. The zero-order chi connectivity index (χ0) is 11.5. The second-order valence-corrected chi connectivity index (χ2v) is 4.38. The Balaban J connectivity index is 0.00000144. The van der Waals surface area contributed by atoms with E-state index < -0.39 is 0 Å². The fraction of sp³-hybridized carbons (Fsp3) is 0.538. The molecule has 4 heteroatoms. The smallest absolute Gasteiger partial charge is 0.161 e. The largest absolute Gasteiger partial charge is 0.504 e. The number of aromatic hydroxyl groups is 1. The van der Waals surface area contributed by atoms with Crippen LogP contribution >= 0.6 is 12.4 Å². The Labute approximate surface area is 108 Å². The standard InChI is InChI=1S/C13H19NO2.ClH/c1-2-16-12-8-10(6-7-11(12)15)13(14)9-4-3-5-9;/h6-9,13,15H,2-5,14H2,1H3;1H/t13-;/m1./s1. The van der Waals surface area contributed by atoms with Gasteiger partial charge in [-0.2, -0.15) is 0 Å². The third-order valence-electron chi connectivity index (χ3n) is 3.33. The number of benzene rings is 1. The van der Waals surface area contributed by atoms with E-state index in [0.29, 0.717) is 18.3 Å². The molecule has 1 aliphatic carbocycles. The summed E-state index contributed by atoms with van der Waals surface area (Å²) in [5.41, 5.74) is 7.24. The Hall–Kier alpha value is -0.930. The molecule has 17 heavy (non-hydrogen) atoms. The van der Waals surface area contributed by atoms with Crippen molar-refractivity contribution in [1.82, 2.24) is 0 Å². The van der Waals surface area contributed by atoms with Gasteiger partial charge in [-0.15, -0.1) is 12.4 Å². The van der Waals surface area contributed by atoms with E-state index in [1.165, 1.54) is 19.3 Å². The Kier molecular flexibility index (Phi) is 5.09. The van der Waals surface area contributed by atoms with E-state index in [2.05, 4.69) is 0 Å². The molecule has 0 aliphatic heterocycles. The number of phenolic OH excluding ortho intramolecular Hbond substituents is 1. The van der Waals surface area contributed by atoms with Crippen molar-refractivity contribution in [2.45, 2.75) is 32.2 Å². The minimum Gasteiger partial charge on any atom is -0.504 e. The lowest BCUT2D eigenvalue weighted by atomic mass is 9.77. The van der Waals surface area contributed by atoms with Crippen molar-refractivity contribution in [3.05, 3.63) is 23.8 Å².